The van der Waals surface area contributed by atoms with Gasteiger partial charge in [-0.05, 0) is 73.6 Å². The highest BCUT2D eigenvalue weighted by Crippen LogP contribution is 2.24. The zero-order chi connectivity index (χ0) is 19.9. The number of nitrogens with zero attached hydrogens (tertiary/aromatic N) is 4. The van der Waals surface area contributed by atoms with Crippen LogP contribution in [0.4, 0.5) is 11.6 Å². The summed E-state index contributed by atoms with van der Waals surface area (Å²) in [5.41, 5.74) is 1.95. The average molecular weight is 387 g/mol. The predicted octanol–water partition coefficient (Wildman–Crippen LogP) is 4.10. The summed E-state index contributed by atoms with van der Waals surface area (Å²) in [6.07, 6.45) is 11.2. The van der Waals surface area contributed by atoms with E-state index in [4.69, 9.17) is 0 Å². The molecule has 0 aliphatic carbocycles. The fraction of sp³-hybridized carbons (Fsp3) is 0.304. The summed E-state index contributed by atoms with van der Waals surface area (Å²) in [7, 11) is 0. The lowest BCUT2D eigenvalue weighted by molar-refractivity contribution is 0.0686. The van der Waals surface area contributed by atoms with Gasteiger partial charge in [-0.1, -0.05) is 6.07 Å². The number of rotatable bonds is 6. The van der Waals surface area contributed by atoms with E-state index in [1.807, 2.05) is 41.4 Å². The lowest BCUT2D eigenvalue weighted by atomic mass is 9.90. The van der Waals surface area contributed by atoms with Crippen LogP contribution in [0.25, 0.3) is 0 Å². The summed E-state index contributed by atoms with van der Waals surface area (Å²) in [4.78, 5) is 27.2. The van der Waals surface area contributed by atoms with E-state index >= 15 is 0 Å². The second kappa shape index (κ2) is 9.28. The van der Waals surface area contributed by atoms with E-state index in [9.17, 15) is 4.79 Å². The topological polar surface area (TPSA) is 71.0 Å². The number of likely N-dealkylation sites (tertiary alicyclic amines) is 1. The number of aryl methyl sites for hydroxylation is 1. The van der Waals surface area contributed by atoms with Crippen LogP contribution in [0.2, 0.25) is 0 Å². The van der Waals surface area contributed by atoms with E-state index in [1.165, 1.54) is 5.56 Å². The molecular weight excluding hydrogens is 362 g/mol. The maximum absolute atomic E-state index is 12.5. The quantitative estimate of drug-likeness (QED) is 0.689. The second-order valence-electron chi connectivity index (χ2n) is 7.41. The zero-order valence-electron chi connectivity index (χ0n) is 16.4. The summed E-state index contributed by atoms with van der Waals surface area (Å²) in [6.45, 7) is 1.64. The SMILES string of the molecule is O=C(c1cccnc1)N1CCC(CCc2ccnc(Nc3ccccn3)c2)CC1. The number of amides is 1. The van der Waals surface area contributed by atoms with Crippen molar-refractivity contribution in [3.63, 3.8) is 0 Å². The van der Waals surface area contributed by atoms with Crippen molar-refractivity contribution in [2.45, 2.75) is 25.7 Å². The Hall–Kier alpha value is -3.28. The van der Waals surface area contributed by atoms with Crippen LogP contribution >= 0.6 is 0 Å². The fourth-order valence-corrected chi connectivity index (χ4v) is 3.73. The molecule has 6 heteroatoms. The van der Waals surface area contributed by atoms with Crippen molar-refractivity contribution in [2.24, 2.45) is 5.92 Å². The Morgan fingerprint density at radius 3 is 2.62 bits per heavy atom. The predicted molar refractivity (Wildman–Crippen MR) is 113 cm³/mol. The van der Waals surface area contributed by atoms with Gasteiger partial charge in [0.15, 0.2) is 0 Å². The highest BCUT2D eigenvalue weighted by atomic mass is 16.2. The van der Waals surface area contributed by atoms with Crippen LogP contribution < -0.4 is 5.32 Å². The Bertz CT molecular complexity index is 924. The molecule has 4 rings (SSSR count). The Kier molecular flexibility index (Phi) is 6.10. The molecule has 0 radical (unpaired) electrons. The molecule has 0 unspecified atom stereocenters. The van der Waals surface area contributed by atoms with Crippen molar-refractivity contribution < 1.29 is 4.79 Å². The third kappa shape index (κ3) is 5.16. The van der Waals surface area contributed by atoms with E-state index in [0.29, 0.717) is 11.5 Å². The van der Waals surface area contributed by atoms with Crippen LogP contribution in [0, 0.1) is 5.92 Å². The van der Waals surface area contributed by atoms with E-state index in [1.54, 1.807) is 18.6 Å². The van der Waals surface area contributed by atoms with Crippen molar-refractivity contribution in [1.29, 1.82) is 0 Å². The minimum absolute atomic E-state index is 0.0934. The Morgan fingerprint density at radius 2 is 1.86 bits per heavy atom. The van der Waals surface area contributed by atoms with Gasteiger partial charge < -0.3 is 10.2 Å². The third-order valence-corrected chi connectivity index (χ3v) is 5.40. The van der Waals surface area contributed by atoms with E-state index < -0.39 is 0 Å². The molecule has 0 spiro atoms. The summed E-state index contributed by atoms with van der Waals surface area (Å²) < 4.78 is 0. The number of pyridine rings is 3. The molecule has 29 heavy (non-hydrogen) atoms. The van der Waals surface area contributed by atoms with Crippen LogP contribution in [0.15, 0.2) is 67.3 Å². The van der Waals surface area contributed by atoms with Crippen LogP contribution in [-0.4, -0.2) is 38.8 Å². The molecule has 3 aromatic heterocycles. The average Bonchev–Trinajstić information content (AvgIpc) is 2.79. The maximum Gasteiger partial charge on any atom is 0.255 e. The molecule has 1 N–H and O–H groups in total. The molecule has 6 nitrogen and oxygen atoms in total. The second-order valence-corrected chi connectivity index (χ2v) is 7.41. The van der Waals surface area contributed by atoms with Gasteiger partial charge in [0.25, 0.3) is 5.91 Å². The number of carbonyl (C=O) groups is 1. The van der Waals surface area contributed by atoms with E-state index in [2.05, 4.69) is 32.4 Å². The highest BCUT2D eigenvalue weighted by Gasteiger charge is 2.23. The van der Waals surface area contributed by atoms with Gasteiger partial charge in [-0.25, -0.2) is 9.97 Å². The minimum Gasteiger partial charge on any atom is -0.339 e. The van der Waals surface area contributed by atoms with Crippen molar-refractivity contribution >= 4 is 17.5 Å². The van der Waals surface area contributed by atoms with Crippen molar-refractivity contribution in [3.05, 3.63) is 78.4 Å². The molecule has 148 valence electrons. The fourth-order valence-electron chi connectivity index (χ4n) is 3.73. The number of piperidine rings is 1. The minimum atomic E-state index is 0.0934. The summed E-state index contributed by atoms with van der Waals surface area (Å²) in [5.74, 6) is 2.35. The van der Waals surface area contributed by atoms with Gasteiger partial charge in [0.05, 0.1) is 5.56 Å². The Balaban J connectivity index is 1.26. The Labute approximate surface area is 171 Å². The van der Waals surface area contributed by atoms with E-state index in [0.717, 1.165) is 50.4 Å². The normalized spacial score (nSPS) is 14.6. The number of anilines is 2. The molecule has 3 aromatic rings. The molecule has 1 amide bonds. The molecule has 0 aromatic carbocycles. The maximum atomic E-state index is 12.5. The third-order valence-electron chi connectivity index (χ3n) is 5.40. The largest absolute Gasteiger partial charge is 0.339 e. The van der Waals surface area contributed by atoms with Gasteiger partial charge in [0.2, 0.25) is 0 Å². The number of hydrogen-bond acceptors (Lipinski definition) is 5. The molecular formula is C23H25N5O. The van der Waals surface area contributed by atoms with Crippen molar-refractivity contribution in [3.8, 4) is 0 Å². The zero-order valence-corrected chi connectivity index (χ0v) is 16.4. The first-order valence-corrected chi connectivity index (χ1v) is 10.1. The summed E-state index contributed by atoms with van der Waals surface area (Å²) in [5, 5.41) is 3.24. The van der Waals surface area contributed by atoms with Crippen LogP contribution in [0.3, 0.4) is 0 Å². The molecule has 1 aliphatic rings. The van der Waals surface area contributed by atoms with Crippen molar-refractivity contribution in [1.82, 2.24) is 19.9 Å². The summed E-state index contributed by atoms with van der Waals surface area (Å²) >= 11 is 0. The molecule has 1 fully saturated rings. The van der Waals surface area contributed by atoms with Crippen molar-refractivity contribution in [2.75, 3.05) is 18.4 Å². The van der Waals surface area contributed by atoms with Gasteiger partial charge in [-0.3, -0.25) is 9.78 Å². The van der Waals surface area contributed by atoms with Gasteiger partial charge in [0, 0.05) is 37.9 Å². The number of hydrogen-bond donors (Lipinski definition) is 1. The van der Waals surface area contributed by atoms with E-state index in [-0.39, 0.29) is 5.91 Å². The standard InChI is InChI=1S/C23H25N5O/c29-23(20-4-3-11-24-17-20)28-14-9-18(10-15-28)6-7-19-8-13-26-22(16-19)27-21-5-1-2-12-25-21/h1-5,8,11-13,16-18H,6-7,9-10,14-15H2,(H,25,26,27). The van der Waals surface area contributed by atoms with Crippen LogP contribution in [0.5, 0.6) is 0 Å². The smallest absolute Gasteiger partial charge is 0.255 e. The molecule has 0 bridgehead atoms. The highest BCUT2D eigenvalue weighted by molar-refractivity contribution is 5.93. The van der Waals surface area contributed by atoms with Gasteiger partial charge in [0.1, 0.15) is 11.6 Å². The Morgan fingerprint density at radius 1 is 1.00 bits per heavy atom. The number of nitrogens with one attached hydrogen (secondary N) is 1. The van der Waals surface area contributed by atoms with Crippen LogP contribution in [0.1, 0.15) is 35.2 Å². The first-order chi connectivity index (χ1) is 14.3. The number of aromatic nitrogens is 3. The molecule has 0 saturated carbocycles. The number of carbonyl (C=O) groups excluding carboxylic acids is 1. The summed E-state index contributed by atoms with van der Waals surface area (Å²) in [6, 6.07) is 13.6. The molecule has 1 saturated heterocycles. The monoisotopic (exact) mass is 387 g/mol. The molecule has 1 aliphatic heterocycles. The van der Waals surface area contributed by atoms with Gasteiger partial charge in [-0.2, -0.15) is 0 Å². The molecule has 0 atom stereocenters. The van der Waals surface area contributed by atoms with Crippen LogP contribution in [-0.2, 0) is 6.42 Å². The lowest BCUT2D eigenvalue weighted by Gasteiger charge is -2.32. The van der Waals surface area contributed by atoms with Gasteiger partial charge >= 0.3 is 0 Å². The van der Waals surface area contributed by atoms with Gasteiger partial charge in [-0.15, -0.1) is 0 Å². The molecule has 4 heterocycles. The first kappa shape index (κ1) is 19.1. The first-order valence-electron chi connectivity index (χ1n) is 10.1. The lowest BCUT2D eigenvalue weighted by Crippen LogP contribution is -2.38.